The molecule has 1 aliphatic rings. The van der Waals surface area contributed by atoms with E-state index >= 15 is 0 Å². The van der Waals surface area contributed by atoms with Crippen molar-refractivity contribution in [2.24, 2.45) is 5.92 Å². The Kier molecular flexibility index (Phi) is 6.35. The molecule has 2 N–H and O–H groups in total. The molecule has 0 saturated carbocycles. The molecule has 1 atom stereocenters. The molecular weight excluding hydrogens is 372 g/mol. The Labute approximate surface area is 170 Å². The molecule has 0 saturated heterocycles. The molecule has 0 unspecified atom stereocenters. The normalized spacial score (nSPS) is 14.2. The van der Waals surface area contributed by atoms with Gasteiger partial charge in [0.2, 0.25) is 0 Å². The number of rotatable bonds is 9. The van der Waals surface area contributed by atoms with Crippen molar-refractivity contribution in [2.75, 3.05) is 19.8 Å². The van der Waals surface area contributed by atoms with Crippen LogP contribution in [-0.4, -0.2) is 47.6 Å². The number of aliphatic hydroxyl groups excluding tert-OH is 1. The number of carboxylic acids is 1. The van der Waals surface area contributed by atoms with Crippen LogP contribution in [-0.2, 0) is 19.1 Å². The van der Waals surface area contributed by atoms with Gasteiger partial charge in [-0.1, -0.05) is 48.5 Å². The maximum absolute atomic E-state index is 12.6. The first-order chi connectivity index (χ1) is 13.8. The third kappa shape index (κ3) is 4.83. The van der Waals surface area contributed by atoms with Crippen molar-refractivity contribution in [1.82, 2.24) is 0 Å². The fraction of sp³-hybridized carbons (Fsp3) is 0.391. The monoisotopic (exact) mass is 398 g/mol. The number of hydrogen-bond acceptors (Lipinski definition) is 5. The van der Waals surface area contributed by atoms with Gasteiger partial charge in [-0.05, 0) is 36.1 Å². The predicted octanol–water partition coefficient (Wildman–Crippen LogP) is 3.22. The van der Waals surface area contributed by atoms with E-state index in [1.807, 2.05) is 48.5 Å². The molecule has 0 fully saturated rings. The lowest BCUT2D eigenvalue weighted by Crippen LogP contribution is -2.35. The Hall–Kier alpha value is -2.70. The summed E-state index contributed by atoms with van der Waals surface area (Å²) in [5.41, 5.74) is 3.57. The molecule has 0 amide bonds. The van der Waals surface area contributed by atoms with E-state index in [1.54, 1.807) is 13.8 Å². The minimum absolute atomic E-state index is 0.0911. The highest BCUT2D eigenvalue weighted by Gasteiger charge is 2.31. The highest BCUT2D eigenvalue weighted by molar-refractivity contribution is 5.81. The fourth-order valence-electron chi connectivity index (χ4n) is 3.52. The second-order valence-electron chi connectivity index (χ2n) is 7.88. The first-order valence-electron chi connectivity index (χ1n) is 9.64. The average Bonchev–Trinajstić information content (AvgIpc) is 3.03. The van der Waals surface area contributed by atoms with Crippen molar-refractivity contribution in [2.45, 2.75) is 31.8 Å². The summed E-state index contributed by atoms with van der Waals surface area (Å²) in [5.74, 6) is -2.74. The average molecular weight is 398 g/mol. The summed E-state index contributed by atoms with van der Waals surface area (Å²) >= 11 is 0. The Morgan fingerprint density at radius 2 is 1.59 bits per heavy atom. The number of fused-ring (bicyclic) bond motifs is 3. The molecule has 6 nitrogen and oxygen atoms in total. The summed E-state index contributed by atoms with van der Waals surface area (Å²) in [7, 11) is 0. The van der Waals surface area contributed by atoms with Crippen LogP contribution < -0.4 is 0 Å². The van der Waals surface area contributed by atoms with Crippen LogP contribution in [0.25, 0.3) is 11.1 Å². The maximum atomic E-state index is 12.6. The number of ether oxygens (including phenoxy) is 2. The van der Waals surface area contributed by atoms with Gasteiger partial charge in [0.05, 0.1) is 31.2 Å². The first kappa shape index (κ1) is 21.0. The number of esters is 1. The van der Waals surface area contributed by atoms with Gasteiger partial charge in [0.15, 0.2) is 0 Å². The Bertz CT molecular complexity index is 843. The smallest absolute Gasteiger partial charge is 0.311 e. The molecule has 154 valence electrons. The minimum atomic E-state index is -1.10. The van der Waals surface area contributed by atoms with E-state index in [2.05, 4.69) is 0 Å². The van der Waals surface area contributed by atoms with Crippen molar-refractivity contribution in [3.05, 3.63) is 59.7 Å². The zero-order valence-electron chi connectivity index (χ0n) is 16.6. The van der Waals surface area contributed by atoms with Crippen molar-refractivity contribution < 1.29 is 29.3 Å². The zero-order valence-corrected chi connectivity index (χ0v) is 16.6. The third-order valence-electron chi connectivity index (χ3n) is 5.17. The number of carboxylic acid groups (broad SMARTS) is 1. The largest absolute Gasteiger partial charge is 0.481 e. The molecular formula is C23H26O6. The van der Waals surface area contributed by atoms with Gasteiger partial charge in [-0.15, -0.1) is 0 Å². The number of carbonyl (C=O) groups is 2. The van der Waals surface area contributed by atoms with Crippen LogP contribution in [0.2, 0.25) is 0 Å². The summed E-state index contributed by atoms with van der Waals surface area (Å²) in [5, 5.41) is 18.4. The number of carbonyl (C=O) groups excluding carboxylic acids is 1. The lowest BCUT2D eigenvalue weighted by atomic mass is 9.98. The van der Waals surface area contributed by atoms with Crippen LogP contribution in [0.5, 0.6) is 0 Å². The van der Waals surface area contributed by atoms with Gasteiger partial charge in [0.1, 0.15) is 6.61 Å². The van der Waals surface area contributed by atoms with E-state index in [-0.39, 0.29) is 25.7 Å². The quantitative estimate of drug-likeness (QED) is 0.630. The second kappa shape index (κ2) is 8.76. The second-order valence-corrected chi connectivity index (χ2v) is 7.88. The van der Waals surface area contributed by atoms with Gasteiger partial charge < -0.3 is 19.7 Å². The molecule has 0 bridgehead atoms. The fourth-order valence-corrected chi connectivity index (χ4v) is 3.52. The third-order valence-corrected chi connectivity index (χ3v) is 5.17. The Balaban J connectivity index is 1.72. The lowest BCUT2D eigenvalue weighted by molar-refractivity contribution is -0.159. The summed E-state index contributed by atoms with van der Waals surface area (Å²) in [4.78, 5) is 23.8. The Morgan fingerprint density at radius 3 is 2.10 bits per heavy atom. The van der Waals surface area contributed by atoms with E-state index < -0.39 is 29.9 Å². The molecule has 0 aliphatic heterocycles. The van der Waals surface area contributed by atoms with Crippen LogP contribution in [0.1, 0.15) is 37.3 Å². The van der Waals surface area contributed by atoms with Crippen molar-refractivity contribution in [3.8, 4) is 11.1 Å². The predicted molar refractivity (Wildman–Crippen MR) is 108 cm³/mol. The van der Waals surface area contributed by atoms with E-state index in [0.717, 1.165) is 22.3 Å². The van der Waals surface area contributed by atoms with Crippen molar-refractivity contribution in [3.63, 3.8) is 0 Å². The zero-order chi connectivity index (χ0) is 21.0. The van der Waals surface area contributed by atoms with Gasteiger partial charge in [-0.3, -0.25) is 9.59 Å². The van der Waals surface area contributed by atoms with E-state index in [0.29, 0.717) is 0 Å². The van der Waals surface area contributed by atoms with Crippen molar-refractivity contribution >= 4 is 11.9 Å². The summed E-state index contributed by atoms with van der Waals surface area (Å²) in [6.07, 6.45) is -0.391. The Morgan fingerprint density at radius 1 is 1.03 bits per heavy atom. The number of aliphatic carboxylic acids is 1. The maximum Gasteiger partial charge on any atom is 0.311 e. The molecule has 0 aromatic heterocycles. The topological polar surface area (TPSA) is 93.1 Å². The summed E-state index contributed by atoms with van der Waals surface area (Å²) in [6.45, 7) is 3.10. The van der Waals surface area contributed by atoms with Crippen LogP contribution >= 0.6 is 0 Å². The van der Waals surface area contributed by atoms with Crippen LogP contribution in [0.4, 0.5) is 0 Å². The van der Waals surface area contributed by atoms with Crippen molar-refractivity contribution in [1.29, 1.82) is 0 Å². The molecule has 0 radical (unpaired) electrons. The van der Waals surface area contributed by atoms with Gasteiger partial charge in [-0.2, -0.15) is 0 Å². The van der Waals surface area contributed by atoms with E-state index in [4.69, 9.17) is 14.6 Å². The van der Waals surface area contributed by atoms with E-state index in [1.165, 1.54) is 0 Å². The number of hydrogen-bond donors (Lipinski definition) is 2. The minimum Gasteiger partial charge on any atom is -0.481 e. The highest BCUT2D eigenvalue weighted by atomic mass is 16.5. The number of benzene rings is 2. The summed E-state index contributed by atoms with van der Waals surface area (Å²) in [6, 6.07) is 16.0. The highest BCUT2D eigenvalue weighted by Crippen LogP contribution is 2.44. The van der Waals surface area contributed by atoms with Crippen LogP contribution in [0.15, 0.2) is 48.5 Å². The van der Waals surface area contributed by atoms with E-state index in [9.17, 15) is 14.7 Å². The molecule has 1 aliphatic carbocycles. The number of aliphatic hydroxyl groups is 1. The standard InChI is InChI=1S/C23H26O6/c1-23(2,14-24)29-12-15(11-21(25)26)22(27)28-13-20-18-9-5-3-7-16(18)17-8-4-6-10-19(17)20/h3-10,15,20,24H,11-14H2,1-2H3,(H,25,26)/t15-/m0/s1. The first-order valence-corrected chi connectivity index (χ1v) is 9.64. The van der Waals surface area contributed by atoms with Gasteiger partial charge in [-0.25, -0.2) is 0 Å². The summed E-state index contributed by atoms with van der Waals surface area (Å²) < 4.78 is 11.1. The van der Waals surface area contributed by atoms with Gasteiger partial charge >= 0.3 is 11.9 Å². The van der Waals surface area contributed by atoms with Crippen LogP contribution in [0, 0.1) is 5.92 Å². The molecule has 6 heteroatoms. The molecule has 2 aromatic carbocycles. The molecule has 3 rings (SSSR count). The van der Waals surface area contributed by atoms with Gasteiger partial charge in [0.25, 0.3) is 0 Å². The molecule has 0 heterocycles. The van der Waals surface area contributed by atoms with Crippen LogP contribution in [0.3, 0.4) is 0 Å². The molecule has 2 aromatic rings. The SMILES string of the molecule is CC(C)(CO)OC[C@H](CC(=O)O)C(=O)OCC1c2ccccc2-c2ccccc21. The molecule has 29 heavy (non-hydrogen) atoms. The van der Waals surface area contributed by atoms with Gasteiger partial charge in [0, 0.05) is 5.92 Å². The lowest BCUT2D eigenvalue weighted by Gasteiger charge is -2.25. The molecule has 0 spiro atoms.